The maximum atomic E-state index is 10.8. The number of carbonyl (C=O) groups excluding carboxylic acids is 1. The summed E-state index contributed by atoms with van der Waals surface area (Å²) in [4.78, 5) is 19.0. The van der Waals surface area contributed by atoms with Gasteiger partial charge in [-0.25, -0.2) is 9.97 Å². The molecule has 0 spiro atoms. The number of nitrogens with zero attached hydrogens (tertiary/aromatic N) is 2. The highest BCUT2D eigenvalue weighted by Gasteiger charge is 2.02. The second-order valence-electron chi connectivity index (χ2n) is 2.69. The smallest absolute Gasteiger partial charge is 0.305 e. The van der Waals surface area contributed by atoms with Crippen molar-refractivity contribution in [1.29, 1.82) is 0 Å². The van der Waals surface area contributed by atoms with E-state index in [4.69, 9.17) is 0 Å². The SMILES string of the molecule is COC(=O)CCc1nccc(C)n1. The fraction of sp³-hybridized carbons (Fsp3) is 0.444. The molecule has 0 saturated heterocycles. The lowest BCUT2D eigenvalue weighted by atomic mass is 10.3. The highest BCUT2D eigenvalue weighted by atomic mass is 16.5. The molecule has 0 bridgehead atoms. The molecule has 0 aliphatic heterocycles. The maximum Gasteiger partial charge on any atom is 0.305 e. The van der Waals surface area contributed by atoms with E-state index in [0.717, 1.165) is 5.69 Å². The van der Waals surface area contributed by atoms with E-state index in [9.17, 15) is 4.79 Å². The van der Waals surface area contributed by atoms with E-state index in [1.165, 1.54) is 7.11 Å². The Labute approximate surface area is 77.0 Å². The Hall–Kier alpha value is -1.45. The molecule has 0 aliphatic rings. The van der Waals surface area contributed by atoms with Crippen molar-refractivity contribution in [3.05, 3.63) is 23.8 Å². The Morgan fingerprint density at radius 1 is 1.62 bits per heavy atom. The highest BCUT2D eigenvalue weighted by molar-refractivity contribution is 5.69. The number of aromatic nitrogens is 2. The molecule has 4 heteroatoms. The summed E-state index contributed by atoms with van der Waals surface area (Å²) in [6.45, 7) is 1.89. The van der Waals surface area contributed by atoms with Crippen LogP contribution in [0.1, 0.15) is 17.9 Å². The summed E-state index contributed by atoms with van der Waals surface area (Å²) in [7, 11) is 1.37. The van der Waals surface area contributed by atoms with Gasteiger partial charge in [-0.1, -0.05) is 0 Å². The van der Waals surface area contributed by atoms with Crippen LogP contribution in [0, 0.1) is 6.92 Å². The molecule has 1 rings (SSSR count). The van der Waals surface area contributed by atoms with Crippen LogP contribution in [0.25, 0.3) is 0 Å². The summed E-state index contributed by atoms with van der Waals surface area (Å²) in [6.07, 6.45) is 2.56. The third-order valence-corrected chi connectivity index (χ3v) is 1.63. The van der Waals surface area contributed by atoms with E-state index in [-0.39, 0.29) is 5.97 Å². The summed E-state index contributed by atoms with van der Waals surface area (Å²) < 4.78 is 4.51. The normalized spacial score (nSPS) is 9.69. The molecule has 0 saturated carbocycles. The number of hydrogen-bond donors (Lipinski definition) is 0. The molecule has 0 aromatic carbocycles. The van der Waals surface area contributed by atoms with Crippen molar-refractivity contribution in [2.45, 2.75) is 19.8 Å². The third-order valence-electron chi connectivity index (χ3n) is 1.63. The molecule has 4 nitrogen and oxygen atoms in total. The van der Waals surface area contributed by atoms with Gasteiger partial charge in [0.2, 0.25) is 0 Å². The molecular weight excluding hydrogens is 168 g/mol. The summed E-state index contributed by atoms with van der Waals surface area (Å²) in [5.41, 5.74) is 0.912. The highest BCUT2D eigenvalue weighted by Crippen LogP contribution is 1.98. The Morgan fingerprint density at radius 3 is 3.00 bits per heavy atom. The molecule has 0 unspecified atom stereocenters. The van der Waals surface area contributed by atoms with Crippen LogP contribution in [0.3, 0.4) is 0 Å². The monoisotopic (exact) mass is 180 g/mol. The van der Waals surface area contributed by atoms with Crippen molar-refractivity contribution in [3.8, 4) is 0 Å². The van der Waals surface area contributed by atoms with Gasteiger partial charge in [0, 0.05) is 18.3 Å². The average Bonchev–Trinajstić information content (AvgIpc) is 2.14. The molecule has 13 heavy (non-hydrogen) atoms. The first-order valence-corrected chi connectivity index (χ1v) is 4.07. The number of hydrogen-bond acceptors (Lipinski definition) is 4. The quantitative estimate of drug-likeness (QED) is 0.648. The van der Waals surface area contributed by atoms with Crippen molar-refractivity contribution in [2.24, 2.45) is 0 Å². The lowest BCUT2D eigenvalue weighted by Gasteiger charge is -1.99. The van der Waals surface area contributed by atoms with Crippen molar-refractivity contribution in [3.63, 3.8) is 0 Å². The largest absolute Gasteiger partial charge is 0.469 e. The molecule has 0 radical (unpaired) electrons. The topological polar surface area (TPSA) is 52.1 Å². The summed E-state index contributed by atoms with van der Waals surface area (Å²) in [5, 5.41) is 0. The van der Waals surface area contributed by atoms with Gasteiger partial charge in [0.15, 0.2) is 0 Å². The second-order valence-corrected chi connectivity index (χ2v) is 2.69. The summed E-state index contributed by atoms with van der Waals surface area (Å²) >= 11 is 0. The molecule has 0 atom stereocenters. The van der Waals surface area contributed by atoms with E-state index < -0.39 is 0 Å². The van der Waals surface area contributed by atoms with Gasteiger partial charge < -0.3 is 4.74 Å². The van der Waals surface area contributed by atoms with Crippen LogP contribution in [0.4, 0.5) is 0 Å². The zero-order chi connectivity index (χ0) is 9.68. The van der Waals surface area contributed by atoms with E-state index in [1.807, 2.05) is 13.0 Å². The first-order chi connectivity index (χ1) is 6.22. The van der Waals surface area contributed by atoms with Gasteiger partial charge in [0.25, 0.3) is 0 Å². The Bertz CT molecular complexity index is 299. The van der Waals surface area contributed by atoms with Crippen molar-refractivity contribution >= 4 is 5.97 Å². The molecule has 1 aromatic heterocycles. The first kappa shape index (κ1) is 9.64. The standard InChI is InChI=1S/C9H12N2O2/c1-7-5-6-10-8(11-7)3-4-9(12)13-2/h5-6H,3-4H2,1-2H3. The lowest BCUT2D eigenvalue weighted by Crippen LogP contribution is -2.04. The van der Waals surface area contributed by atoms with E-state index in [2.05, 4.69) is 14.7 Å². The van der Waals surface area contributed by atoms with Gasteiger partial charge >= 0.3 is 5.97 Å². The maximum absolute atomic E-state index is 10.8. The van der Waals surface area contributed by atoms with Crippen molar-refractivity contribution in [2.75, 3.05) is 7.11 Å². The van der Waals surface area contributed by atoms with Gasteiger partial charge in [0.05, 0.1) is 13.5 Å². The molecular formula is C9H12N2O2. The Balaban J connectivity index is 2.50. The Morgan fingerprint density at radius 2 is 2.38 bits per heavy atom. The van der Waals surface area contributed by atoms with Gasteiger partial charge in [-0.3, -0.25) is 4.79 Å². The van der Waals surface area contributed by atoms with Crippen LogP contribution in [-0.2, 0) is 16.0 Å². The molecule has 0 amide bonds. The zero-order valence-corrected chi connectivity index (χ0v) is 7.78. The fourth-order valence-corrected chi connectivity index (χ4v) is 0.937. The van der Waals surface area contributed by atoms with Gasteiger partial charge in [-0.2, -0.15) is 0 Å². The van der Waals surface area contributed by atoms with E-state index in [0.29, 0.717) is 18.7 Å². The minimum absolute atomic E-state index is 0.231. The third kappa shape index (κ3) is 3.19. The Kier molecular flexibility index (Phi) is 3.37. The fourth-order valence-electron chi connectivity index (χ4n) is 0.937. The predicted octanol–water partition coefficient (Wildman–Crippen LogP) is 0.891. The van der Waals surface area contributed by atoms with E-state index >= 15 is 0 Å². The van der Waals surface area contributed by atoms with E-state index in [1.54, 1.807) is 6.20 Å². The van der Waals surface area contributed by atoms with Crippen LogP contribution < -0.4 is 0 Å². The van der Waals surface area contributed by atoms with Crippen LogP contribution in [-0.4, -0.2) is 23.0 Å². The second kappa shape index (κ2) is 4.54. The molecule has 0 N–H and O–H groups in total. The molecule has 0 aliphatic carbocycles. The van der Waals surface area contributed by atoms with Crippen LogP contribution in [0.15, 0.2) is 12.3 Å². The number of carbonyl (C=O) groups is 1. The number of methoxy groups -OCH3 is 1. The van der Waals surface area contributed by atoms with Crippen molar-refractivity contribution < 1.29 is 9.53 Å². The van der Waals surface area contributed by atoms with Crippen LogP contribution in [0.5, 0.6) is 0 Å². The van der Waals surface area contributed by atoms with Gasteiger partial charge in [-0.15, -0.1) is 0 Å². The summed E-state index contributed by atoms with van der Waals surface area (Å²) in [6, 6.07) is 1.82. The number of esters is 1. The van der Waals surface area contributed by atoms with Crippen molar-refractivity contribution in [1.82, 2.24) is 9.97 Å². The minimum atomic E-state index is -0.231. The molecule has 0 fully saturated rings. The van der Waals surface area contributed by atoms with Gasteiger partial charge in [-0.05, 0) is 13.0 Å². The zero-order valence-electron chi connectivity index (χ0n) is 7.78. The number of ether oxygens (including phenoxy) is 1. The minimum Gasteiger partial charge on any atom is -0.469 e. The lowest BCUT2D eigenvalue weighted by molar-refractivity contribution is -0.140. The summed E-state index contributed by atoms with van der Waals surface area (Å²) in [5.74, 6) is 0.454. The van der Waals surface area contributed by atoms with Gasteiger partial charge in [0.1, 0.15) is 5.82 Å². The van der Waals surface area contributed by atoms with Crippen LogP contribution in [0.2, 0.25) is 0 Å². The molecule has 70 valence electrons. The average molecular weight is 180 g/mol. The molecule has 1 aromatic rings. The number of rotatable bonds is 3. The predicted molar refractivity (Wildman–Crippen MR) is 47.1 cm³/mol. The van der Waals surface area contributed by atoms with Crippen LogP contribution >= 0.6 is 0 Å². The first-order valence-electron chi connectivity index (χ1n) is 4.07. The molecule has 1 heterocycles. The number of aryl methyl sites for hydroxylation is 2.